The molecule has 1 heterocycles. The van der Waals surface area contributed by atoms with Crippen LogP contribution >= 0.6 is 15.9 Å². The van der Waals surface area contributed by atoms with Crippen LogP contribution in [0.2, 0.25) is 0 Å². The van der Waals surface area contributed by atoms with Crippen molar-refractivity contribution in [2.45, 2.75) is 6.42 Å². The molecule has 0 saturated carbocycles. The Morgan fingerprint density at radius 3 is 2.86 bits per heavy atom. The topological polar surface area (TPSA) is 46.5 Å². The Bertz CT molecular complexity index is 735. The van der Waals surface area contributed by atoms with Crippen molar-refractivity contribution >= 4 is 27.8 Å². The van der Waals surface area contributed by atoms with Crippen LogP contribution in [-0.2, 0) is 0 Å². The first-order chi connectivity index (χ1) is 10.1. The first-order valence-electron chi connectivity index (χ1n) is 6.60. The lowest BCUT2D eigenvalue weighted by molar-refractivity contribution is 0.103. The highest BCUT2D eigenvalue weighted by atomic mass is 79.9. The summed E-state index contributed by atoms with van der Waals surface area (Å²) in [6.45, 7) is 0.463. The van der Waals surface area contributed by atoms with Gasteiger partial charge in [-0.25, -0.2) is 0 Å². The van der Waals surface area contributed by atoms with E-state index in [4.69, 9.17) is 4.74 Å². The maximum Gasteiger partial charge on any atom is 0.192 e. The van der Waals surface area contributed by atoms with Gasteiger partial charge in [0.2, 0.25) is 0 Å². The van der Waals surface area contributed by atoms with Crippen LogP contribution in [0.25, 0.3) is 6.08 Å². The summed E-state index contributed by atoms with van der Waals surface area (Å²) in [5.74, 6) is 0.763. The van der Waals surface area contributed by atoms with Gasteiger partial charge in [0.25, 0.3) is 0 Å². The Balaban J connectivity index is 2.02. The van der Waals surface area contributed by atoms with E-state index in [2.05, 4.69) is 15.9 Å². The number of carbonyl (C=O) groups is 1. The zero-order valence-electron chi connectivity index (χ0n) is 11.2. The summed E-state index contributed by atoms with van der Waals surface area (Å²) in [5.41, 5.74) is 2.04. The Morgan fingerprint density at radius 2 is 2.05 bits per heavy atom. The number of phenols is 1. The standard InChI is InChI=1S/C17H13BrO3/c18-13-4-5-16-15(10-13)17(20)12(6-7-21-16)8-11-2-1-3-14(19)9-11/h1-5,8-10,19H,6-7H2. The number of fused-ring (bicyclic) bond motifs is 1. The molecular weight excluding hydrogens is 332 g/mol. The molecule has 0 saturated heterocycles. The number of phenolic OH excluding ortho intramolecular Hbond substituents is 1. The fourth-order valence-corrected chi connectivity index (χ4v) is 2.68. The molecule has 0 radical (unpaired) electrons. The molecule has 0 amide bonds. The van der Waals surface area contributed by atoms with E-state index in [9.17, 15) is 9.90 Å². The number of Topliss-reactive ketones (excluding diaryl/α,β-unsaturated/α-hetero) is 1. The summed E-state index contributed by atoms with van der Waals surface area (Å²) < 4.78 is 6.48. The number of hydrogen-bond acceptors (Lipinski definition) is 3. The van der Waals surface area contributed by atoms with Crippen molar-refractivity contribution in [2.75, 3.05) is 6.61 Å². The molecule has 0 unspecified atom stereocenters. The molecular formula is C17H13BrO3. The van der Waals surface area contributed by atoms with Gasteiger partial charge < -0.3 is 9.84 Å². The second-order valence-electron chi connectivity index (χ2n) is 4.83. The van der Waals surface area contributed by atoms with Crippen LogP contribution in [0.5, 0.6) is 11.5 Å². The van der Waals surface area contributed by atoms with Crippen LogP contribution in [-0.4, -0.2) is 17.5 Å². The van der Waals surface area contributed by atoms with Gasteiger partial charge in [0.1, 0.15) is 11.5 Å². The number of carbonyl (C=O) groups excluding carboxylic acids is 1. The molecule has 3 nitrogen and oxygen atoms in total. The molecule has 0 spiro atoms. The number of halogens is 1. The zero-order chi connectivity index (χ0) is 14.8. The molecule has 106 valence electrons. The molecule has 21 heavy (non-hydrogen) atoms. The second-order valence-corrected chi connectivity index (χ2v) is 5.75. The number of rotatable bonds is 1. The van der Waals surface area contributed by atoms with Gasteiger partial charge in [-0.05, 0) is 42.0 Å². The molecule has 3 rings (SSSR count). The van der Waals surface area contributed by atoms with Crippen LogP contribution in [0.4, 0.5) is 0 Å². The molecule has 0 atom stereocenters. The SMILES string of the molecule is O=C1C(=Cc2cccc(O)c2)CCOc2ccc(Br)cc21. The molecule has 1 aliphatic heterocycles. The first-order valence-corrected chi connectivity index (χ1v) is 7.39. The summed E-state index contributed by atoms with van der Waals surface area (Å²) in [7, 11) is 0. The van der Waals surface area contributed by atoms with E-state index < -0.39 is 0 Å². The fraction of sp³-hybridized carbons (Fsp3) is 0.118. The zero-order valence-corrected chi connectivity index (χ0v) is 12.8. The molecule has 0 bridgehead atoms. The van der Waals surface area contributed by atoms with Crippen molar-refractivity contribution in [2.24, 2.45) is 0 Å². The molecule has 1 N–H and O–H groups in total. The number of aromatic hydroxyl groups is 1. The van der Waals surface area contributed by atoms with Gasteiger partial charge in [-0.3, -0.25) is 4.79 Å². The van der Waals surface area contributed by atoms with Crippen LogP contribution in [0, 0.1) is 0 Å². The van der Waals surface area contributed by atoms with Gasteiger partial charge >= 0.3 is 0 Å². The molecule has 1 aliphatic rings. The monoisotopic (exact) mass is 344 g/mol. The van der Waals surface area contributed by atoms with E-state index in [0.29, 0.717) is 29.9 Å². The highest BCUT2D eigenvalue weighted by Gasteiger charge is 2.21. The van der Waals surface area contributed by atoms with E-state index in [1.54, 1.807) is 36.4 Å². The average Bonchev–Trinajstić information content (AvgIpc) is 2.60. The Kier molecular flexibility index (Phi) is 3.80. The fourth-order valence-electron chi connectivity index (χ4n) is 2.32. The van der Waals surface area contributed by atoms with Crippen LogP contribution in [0.15, 0.2) is 52.5 Å². The summed E-state index contributed by atoms with van der Waals surface area (Å²) in [6, 6.07) is 12.3. The number of hydrogen-bond donors (Lipinski definition) is 1. The maximum absolute atomic E-state index is 12.6. The Labute approximate surface area is 131 Å². The lowest BCUT2D eigenvalue weighted by atomic mass is 9.99. The van der Waals surface area contributed by atoms with Crippen molar-refractivity contribution in [3.05, 3.63) is 63.6 Å². The van der Waals surface area contributed by atoms with E-state index in [-0.39, 0.29) is 11.5 Å². The van der Waals surface area contributed by atoms with Gasteiger partial charge in [0.05, 0.1) is 12.2 Å². The summed E-state index contributed by atoms with van der Waals surface area (Å²) in [4.78, 5) is 12.6. The van der Waals surface area contributed by atoms with Gasteiger partial charge in [0.15, 0.2) is 5.78 Å². The van der Waals surface area contributed by atoms with Crippen molar-refractivity contribution in [1.82, 2.24) is 0 Å². The predicted molar refractivity (Wildman–Crippen MR) is 84.7 cm³/mol. The largest absolute Gasteiger partial charge is 0.508 e. The quantitative estimate of drug-likeness (QED) is 0.788. The molecule has 2 aromatic carbocycles. The molecule has 0 aromatic heterocycles. The Morgan fingerprint density at radius 1 is 1.19 bits per heavy atom. The summed E-state index contributed by atoms with van der Waals surface area (Å²) >= 11 is 3.38. The van der Waals surface area contributed by atoms with Crippen molar-refractivity contribution in [3.63, 3.8) is 0 Å². The number of benzene rings is 2. The average molecular weight is 345 g/mol. The van der Waals surface area contributed by atoms with Crippen LogP contribution < -0.4 is 4.74 Å². The minimum atomic E-state index is -0.0351. The Hall–Kier alpha value is -2.07. The number of ether oxygens (including phenoxy) is 1. The highest BCUT2D eigenvalue weighted by molar-refractivity contribution is 9.10. The number of ketones is 1. The van der Waals surface area contributed by atoms with Crippen molar-refractivity contribution in [1.29, 1.82) is 0 Å². The molecule has 0 fully saturated rings. The lowest BCUT2D eigenvalue weighted by Gasteiger charge is -2.05. The van der Waals surface area contributed by atoms with Crippen molar-refractivity contribution < 1.29 is 14.6 Å². The van der Waals surface area contributed by atoms with Crippen LogP contribution in [0.3, 0.4) is 0 Å². The third kappa shape index (κ3) is 3.00. The van der Waals surface area contributed by atoms with E-state index in [1.807, 2.05) is 12.1 Å². The van der Waals surface area contributed by atoms with Gasteiger partial charge in [-0.1, -0.05) is 28.1 Å². The summed E-state index contributed by atoms with van der Waals surface area (Å²) in [6.07, 6.45) is 2.35. The minimum Gasteiger partial charge on any atom is -0.508 e. The lowest BCUT2D eigenvalue weighted by Crippen LogP contribution is -2.02. The normalized spacial score (nSPS) is 16.2. The molecule has 2 aromatic rings. The van der Waals surface area contributed by atoms with Gasteiger partial charge in [0, 0.05) is 16.5 Å². The smallest absolute Gasteiger partial charge is 0.192 e. The second kappa shape index (κ2) is 5.74. The third-order valence-electron chi connectivity index (χ3n) is 3.32. The predicted octanol–water partition coefficient (Wildman–Crippen LogP) is 4.20. The minimum absolute atomic E-state index is 0.0351. The van der Waals surface area contributed by atoms with E-state index in [1.165, 1.54) is 0 Å². The molecule has 4 heteroatoms. The maximum atomic E-state index is 12.6. The third-order valence-corrected chi connectivity index (χ3v) is 3.81. The molecule has 0 aliphatic carbocycles. The highest BCUT2D eigenvalue weighted by Crippen LogP contribution is 2.30. The van der Waals surface area contributed by atoms with Crippen LogP contribution in [0.1, 0.15) is 22.3 Å². The van der Waals surface area contributed by atoms with E-state index in [0.717, 1.165) is 10.0 Å². The van der Waals surface area contributed by atoms with Crippen molar-refractivity contribution in [3.8, 4) is 11.5 Å². The van der Waals surface area contributed by atoms with Gasteiger partial charge in [-0.15, -0.1) is 0 Å². The summed E-state index contributed by atoms with van der Waals surface area (Å²) in [5, 5.41) is 9.51. The first kappa shape index (κ1) is 13.9. The van der Waals surface area contributed by atoms with Gasteiger partial charge in [-0.2, -0.15) is 0 Å². The van der Waals surface area contributed by atoms with E-state index >= 15 is 0 Å².